The Labute approximate surface area is 192 Å². The molecule has 4 rings (SSSR count). The molecule has 1 amide bonds. The van der Waals surface area contributed by atoms with E-state index in [1.807, 2.05) is 48.2 Å². The molecule has 1 aliphatic heterocycles. The highest BCUT2D eigenvalue weighted by atomic mass is 79.9. The summed E-state index contributed by atoms with van der Waals surface area (Å²) < 4.78 is 0.847. The largest absolute Gasteiger partial charge is 0.340 e. The van der Waals surface area contributed by atoms with Crippen LogP contribution in [0.3, 0.4) is 0 Å². The molecule has 156 valence electrons. The van der Waals surface area contributed by atoms with Crippen LogP contribution in [0.25, 0.3) is 10.2 Å². The van der Waals surface area contributed by atoms with Crippen LogP contribution in [-0.4, -0.2) is 52.9 Å². The highest BCUT2D eigenvalue weighted by molar-refractivity contribution is 9.10. The highest BCUT2D eigenvalue weighted by Gasteiger charge is 2.25. The summed E-state index contributed by atoms with van der Waals surface area (Å²) in [6.07, 6.45) is 5.92. The summed E-state index contributed by atoms with van der Waals surface area (Å²) in [6.45, 7) is 2.03. The smallest absolute Gasteiger partial charge is 0.246 e. The van der Waals surface area contributed by atoms with Gasteiger partial charge in [0.05, 0.1) is 17.0 Å². The summed E-state index contributed by atoms with van der Waals surface area (Å²) in [4.78, 5) is 27.5. The molecule has 1 aromatic carbocycles. The van der Waals surface area contributed by atoms with Crippen LogP contribution in [0.2, 0.25) is 5.02 Å². The Morgan fingerprint density at radius 3 is 3.00 bits per heavy atom. The van der Waals surface area contributed by atoms with Gasteiger partial charge >= 0.3 is 0 Å². The van der Waals surface area contributed by atoms with Gasteiger partial charge in [0.25, 0.3) is 0 Å². The van der Waals surface area contributed by atoms with Crippen molar-refractivity contribution in [1.82, 2.24) is 19.8 Å². The van der Waals surface area contributed by atoms with Crippen molar-refractivity contribution in [3.8, 4) is 0 Å². The second-order valence-corrected chi connectivity index (χ2v) is 9.68. The molecule has 0 unspecified atom stereocenters. The Balaban J connectivity index is 1.59. The van der Waals surface area contributed by atoms with E-state index in [0.717, 1.165) is 39.2 Å². The van der Waals surface area contributed by atoms with Crippen molar-refractivity contribution < 1.29 is 4.79 Å². The second kappa shape index (κ2) is 9.01. The van der Waals surface area contributed by atoms with Gasteiger partial charge in [0.1, 0.15) is 17.0 Å². The number of hydrogen-bond acceptors (Lipinski definition) is 6. The van der Waals surface area contributed by atoms with Gasteiger partial charge in [-0.3, -0.25) is 4.79 Å². The van der Waals surface area contributed by atoms with Gasteiger partial charge in [0.15, 0.2) is 0 Å². The first kappa shape index (κ1) is 21.2. The van der Waals surface area contributed by atoms with Crippen LogP contribution in [0.5, 0.6) is 0 Å². The zero-order valence-electron chi connectivity index (χ0n) is 16.7. The average Bonchev–Trinajstić information content (AvgIpc) is 3.09. The SMILES string of the molecule is CN(C)CC=CC(=O)N1CCc2c(sc3ncnc(Nc4ccc(Br)c(Cl)c4)c23)C1. The van der Waals surface area contributed by atoms with Gasteiger partial charge in [-0.25, -0.2) is 9.97 Å². The topological polar surface area (TPSA) is 61.4 Å². The molecule has 6 nitrogen and oxygen atoms in total. The number of aromatic nitrogens is 2. The number of likely N-dealkylation sites (N-methyl/N-ethyl adjacent to an activating group) is 1. The molecule has 1 aliphatic rings. The van der Waals surface area contributed by atoms with E-state index in [9.17, 15) is 4.79 Å². The molecule has 0 radical (unpaired) electrons. The first-order valence-electron chi connectivity index (χ1n) is 9.50. The molecule has 0 saturated heterocycles. The molecule has 0 fully saturated rings. The van der Waals surface area contributed by atoms with Crippen molar-refractivity contribution in [1.29, 1.82) is 0 Å². The van der Waals surface area contributed by atoms with E-state index < -0.39 is 0 Å². The fraction of sp³-hybridized carbons (Fsp3) is 0.286. The van der Waals surface area contributed by atoms with Crippen LogP contribution in [0, 0.1) is 0 Å². The first-order valence-corrected chi connectivity index (χ1v) is 11.5. The summed E-state index contributed by atoms with van der Waals surface area (Å²) in [7, 11) is 3.96. The number of anilines is 2. The second-order valence-electron chi connectivity index (χ2n) is 7.33. The third-order valence-corrected chi connectivity index (χ3v) is 7.22. The standard InChI is InChI=1S/C21H21BrClN5OS/c1-27(2)8-3-4-18(29)28-9-7-14-17(11-28)30-21-19(14)20(24-12-25-21)26-13-5-6-15(22)16(23)10-13/h3-6,10,12H,7-9,11H2,1-2H3,(H,24,25,26). The van der Waals surface area contributed by atoms with E-state index in [-0.39, 0.29) is 5.91 Å². The van der Waals surface area contributed by atoms with Crippen molar-refractivity contribution in [2.24, 2.45) is 0 Å². The molecule has 2 aromatic heterocycles. The van der Waals surface area contributed by atoms with Crippen molar-refractivity contribution in [3.05, 3.63) is 56.6 Å². The van der Waals surface area contributed by atoms with Crippen molar-refractivity contribution >= 4 is 66.5 Å². The number of nitrogens with zero attached hydrogens (tertiary/aromatic N) is 4. The zero-order chi connectivity index (χ0) is 21.3. The van der Waals surface area contributed by atoms with E-state index >= 15 is 0 Å². The third-order valence-electron chi connectivity index (χ3n) is 4.86. The van der Waals surface area contributed by atoms with Crippen LogP contribution in [-0.2, 0) is 17.8 Å². The Morgan fingerprint density at radius 2 is 2.23 bits per heavy atom. The molecule has 0 spiro atoms. The molecule has 0 bridgehead atoms. The molecule has 3 aromatic rings. The van der Waals surface area contributed by atoms with Crippen LogP contribution in [0.4, 0.5) is 11.5 Å². The maximum atomic E-state index is 12.5. The minimum atomic E-state index is 0.0499. The summed E-state index contributed by atoms with van der Waals surface area (Å²) >= 11 is 11.3. The van der Waals surface area contributed by atoms with Crippen molar-refractivity contribution in [2.75, 3.05) is 32.5 Å². The molecule has 30 heavy (non-hydrogen) atoms. The van der Waals surface area contributed by atoms with Gasteiger partial charge in [-0.2, -0.15) is 0 Å². The number of carbonyl (C=O) groups is 1. The predicted molar refractivity (Wildman–Crippen MR) is 127 cm³/mol. The highest BCUT2D eigenvalue weighted by Crippen LogP contribution is 2.38. The monoisotopic (exact) mass is 505 g/mol. The first-order chi connectivity index (χ1) is 14.4. The third kappa shape index (κ3) is 4.51. The van der Waals surface area contributed by atoms with Crippen molar-refractivity contribution in [2.45, 2.75) is 13.0 Å². The number of rotatable bonds is 5. The predicted octanol–water partition coefficient (Wildman–Crippen LogP) is 4.85. The molecule has 0 aliphatic carbocycles. The van der Waals surface area contributed by atoms with Crippen molar-refractivity contribution in [3.63, 3.8) is 0 Å². The molecular weight excluding hydrogens is 486 g/mol. The molecule has 3 heterocycles. The fourth-order valence-electron chi connectivity index (χ4n) is 3.39. The normalized spacial score (nSPS) is 14.0. The lowest BCUT2D eigenvalue weighted by molar-refractivity contribution is -0.126. The number of benzene rings is 1. The molecule has 1 N–H and O–H groups in total. The minimum absolute atomic E-state index is 0.0499. The van der Waals surface area contributed by atoms with Crippen LogP contribution in [0.15, 0.2) is 41.2 Å². The van der Waals surface area contributed by atoms with Crippen LogP contribution in [0.1, 0.15) is 10.4 Å². The lowest BCUT2D eigenvalue weighted by atomic mass is 10.0. The Hall–Kier alpha value is -2.00. The van der Waals surface area contributed by atoms with Gasteiger partial charge in [-0.1, -0.05) is 17.7 Å². The number of fused-ring (bicyclic) bond motifs is 3. The number of halogens is 2. The molecular formula is C21H21BrClN5OS. The van der Waals surface area contributed by atoms with Gasteiger partial charge < -0.3 is 15.1 Å². The van der Waals surface area contributed by atoms with E-state index in [1.54, 1.807) is 23.7 Å². The Morgan fingerprint density at radius 1 is 1.40 bits per heavy atom. The fourth-order valence-corrected chi connectivity index (χ4v) is 5.02. The minimum Gasteiger partial charge on any atom is -0.340 e. The van der Waals surface area contributed by atoms with E-state index in [4.69, 9.17) is 11.6 Å². The lowest BCUT2D eigenvalue weighted by Gasteiger charge is -2.26. The lowest BCUT2D eigenvalue weighted by Crippen LogP contribution is -2.34. The van der Waals surface area contributed by atoms with Gasteiger partial charge in [0.2, 0.25) is 5.91 Å². The van der Waals surface area contributed by atoms with Gasteiger partial charge in [-0.15, -0.1) is 11.3 Å². The number of carbonyl (C=O) groups excluding carboxylic acids is 1. The quantitative estimate of drug-likeness (QED) is 0.501. The van der Waals surface area contributed by atoms with E-state index in [0.29, 0.717) is 18.1 Å². The van der Waals surface area contributed by atoms with Crippen LogP contribution >= 0.6 is 38.9 Å². The number of hydrogen-bond donors (Lipinski definition) is 1. The van der Waals surface area contributed by atoms with Crippen LogP contribution < -0.4 is 5.32 Å². The maximum absolute atomic E-state index is 12.5. The Bertz CT molecular complexity index is 1130. The zero-order valence-corrected chi connectivity index (χ0v) is 19.8. The van der Waals surface area contributed by atoms with E-state index in [1.165, 1.54) is 10.4 Å². The number of thiophene rings is 1. The summed E-state index contributed by atoms with van der Waals surface area (Å²) in [5, 5.41) is 5.05. The van der Waals surface area contributed by atoms with Gasteiger partial charge in [0, 0.05) is 34.2 Å². The van der Waals surface area contributed by atoms with E-state index in [2.05, 4.69) is 31.2 Å². The summed E-state index contributed by atoms with van der Waals surface area (Å²) in [6, 6.07) is 5.71. The molecule has 0 atom stereocenters. The number of nitrogens with one attached hydrogen (secondary N) is 1. The molecule has 9 heteroatoms. The average molecular weight is 507 g/mol. The molecule has 0 saturated carbocycles. The van der Waals surface area contributed by atoms with Gasteiger partial charge in [-0.05, 0) is 60.2 Å². The maximum Gasteiger partial charge on any atom is 0.246 e. The Kier molecular flexibility index (Phi) is 6.38. The number of amides is 1. The summed E-state index contributed by atoms with van der Waals surface area (Å²) in [5.74, 6) is 0.815. The summed E-state index contributed by atoms with van der Waals surface area (Å²) in [5.41, 5.74) is 2.09.